The van der Waals surface area contributed by atoms with Crippen molar-refractivity contribution in [1.29, 1.82) is 0 Å². The number of aryl methyl sites for hydroxylation is 2. The number of ether oxygens (including phenoxy) is 1. The van der Waals surface area contributed by atoms with E-state index in [1.165, 1.54) is 11.4 Å². The summed E-state index contributed by atoms with van der Waals surface area (Å²) in [4.78, 5) is 12.2. The van der Waals surface area contributed by atoms with E-state index in [0.29, 0.717) is 17.0 Å². The summed E-state index contributed by atoms with van der Waals surface area (Å²) in [7, 11) is -2.04. The van der Waals surface area contributed by atoms with Gasteiger partial charge in [-0.1, -0.05) is 23.8 Å². The lowest BCUT2D eigenvalue weighted by molar-refractivity contribution is 0.0954. The zero-order valence-electron chi connectivity index (χ0n) is 15.4. The fourth-order valence-corrected chi connectivity index (χ4v) is 3.54. The molecule has 6 nitrogen and oxygen atoms in total. The third-order valence-electron chi connectivity index (χ3n) is 3.88. The van der Waals surface area contributed by atoms with Crippen LogP contribution in [0, 0.1) is 13.8 Å². The summed E-state index contributed by atoms with van der Waals surface area (Å²) in [6, 6.07) is 12.6. The minimum Gasteiger partial charge on any atom is -0.495 e. The maximum atomic E-state index is 12.3. The van der Waals surface area contributed by atoms with Crippen LogP contribution in [0.5, 0.6) is 5.75 Å². The molecule has 0 saturated carbocycles. The van der Waals surface area contributed by atoms with E-state index in [-0.39, 0.29) is 19.0 Å². The maximum Gasteiger partial charge on any atom is 0.251 e. The molecule has 0 unspecified atom stereocenters. The summed E-state index contributed by atoms with van der Waals surface area (Å²) < 4.78 is 31.1. The van der Waals surface area contributed by atoms with Gasteiger partial charge in [0.2, 0.25) is 10.0 Å². The molecule has 0 saturated heterocycles. The van der Waals surface area contributed by atoms with Crippen LogP contribution >= 0.6 is 0 Å². The molecule has 0 aliphatic heterocycles. The highest BCUT2D eigenvalue weighted by Gasteiger charge is 2.21. The molecule has 2 rings (SSSR count). The second kappa shape index (κ2) is 8.23. The molecule has 1 N–H and O–H groups in total. The lowest BCUT2D eigenvalue weighted by Crippen LogP contribution is -2.38. The molecule has 26 heavy (non-hydrogen) atoms. The molecule has 0 aromatic heterocycles. The van der Waals surface area contributed by atoms with Gasteiger partial charge in [-0.05, 0) is 43.7 Å². The molecule has 0 spiro atoms. The molecule has 7 heteroatoms. The number of hydrogen-bond donors (Lipinski definition) is 1. The Morgan fingerprint density at radius 2 is 1.81 bits per heavy atom. The number of nitrogens with zero attached hydrogens (tertiary/aromatic N) is 1. The number of rotatable bonds is 7. The molecule has 0 aliphatic rings. The quantitative estimate of drug-likeness (QED) is 0.806. The van der Waals surface area contributed by atoms with Crippen LogP contribution in [0.2, 0.25) is 0 Å². The molecule has 2 aromatic carbocycles. The number of benzene rings is 2. The standard InChI is InChI=1S/C19H24N2O4S/c1-14-6-5-7-16(12-14)19(22)20-10-11-21(26(4,23)24)17-13-15(2)8-9-18(17)25-3/h5-9,12-13H,10-11H2,1-4H3,(H,20,22). The number of nitrogens with one attached hydrogen (secondary N) is 1. The molecule has 2 aromatic rings. The predicted octanol–water partition coefficient (Wildman–Crippen LogP) is 2.51. The van der Waals surface area contributed by atoms with Gasteiger partial charge in [-0.25, -0.2) is 8.42 Å². The molecule has 140 valence electrons. The Kier molecular flexibility index (Phi) is 6.26. The summed E-state index contributed by atoms with van der Waals surface area (Å²) >= 11 is 0. The van der Waals surface area contributed by atoms with E-state index in [4.69, 9.17) is 4.74 Å². The molecule has 0 bridgehead atoms. The van der Waals surface area contributed by atoms with Crippen molar-refractivity contribution < 1.29 is 17.9 Å². The van der Waals surface area contributed by atoms with Crippen LogP contribution in [0.3, 0.4) is 0 Å². The molecule has 0 aliphatic carbocycles. The third kappa shape index (κ3) is 4.98. The second-order valence-electron chi connectivity index (χ2n) is 6.14. The van der Waals surface area contributed by atoms with Gasteiger partial charge in [0.15, 0.2) is 0 Å². The number of amides is 1. The van der Waals surface area contributed by atoms with Gasteiger partial charge in [0, 0.05) is 12.1 Å². The summed E-state index contributed by atoms with van der Waals surface area (Å²) in [5, 5.41) is 2.76. The van der Waals surface area contributed by atoms with E-state index >= 15 is 0 Å². The van der Waals surface area contributed by atoms with Gasteiger partial charge < -0.3 is 10.1 Å². The Morgan fingerprint density at radius 3 is 2.42 bits per heavy atom. The summed E-state index contributed by atoms with van der Waals surface area (Å²) in [5.41, 5.74) is 2.90. The molecule has 0 radical (unpaired) electrons. The van der Waals surface area contributed by atoms with Crippen LogP contribution in [0.1, 0.15) is 21.5 Å². The zero-order valence-corrected chi connectivity index (χ0v) is 16.3. The normalized spacial score (nSPS) is 11.1. The van der Waals surface area contributed by atoms with Crippen LogP contribution in [-0.4, -0.2) is 40.8 Å². The molecule has 0 fully saturated rings. The second-order valence-corrected chi connectivity index (χ2v) is 8.04. The molecule has 1 amide bonds. The molecular formula is C19H24N2O4S. The van der Waals surface area contributed by atoms with Crippen LogP contribution in [0.4, 0.5) is 5.69 Å². The SMILES string of the molecule is COc1ccc(C)cc1N(CCNC(=O)c1cccc(C)c1)S(C)(=O)=O. The zero-order chi connectivity index (χ0) is 19.3. The Morgan fingerprint density at radius 1 is 1.12 bits per heavy atom. The number of carbonyl (C=O) groups is 1. The Labute approximate surface area is 154 Å². The van der Waals surface area contributed by atoms with E-state index in [1.54, 1.807) is 24.3 Å². The van der Waals surface area contributed by atoms with Crippen molar-refractivity contribution in [3.63, 3.8) is 0 Å². The van der Waals surface area contributed by atoms with Crippen molar-refractivity contribution in [2.45, 2.75) is 13.8 Å². The van der Waals surface area contributed by atoms with E-state index in [1.807, 2.05) is 32.0 Å². The highest BCUT2D eigenvalue weighted by atomic mass is 32.2. The number of anilines is 1. The van der Waals surface area contributed by atoms with Crippen molar-refractivity contribution in [1.82, 2.24) is 5.32 Å². The first-order valence-corrected chi connectivity index (χ1v) is 10.0. The fourth-order valence-electron chi connectivity index (χ4n) is 2.62. The lowest BCUT2D eigenvalue weighted by atomic mass is 10.1. The Hall–Kier alpha value is -2.54. The van der Waals surface area contributed by atoms with E-state index in [0.717, 1.165) is 17.4 Å². The summed E-state index contributed by atoms with van der Waals surface area (Å²) in [5.74, 6) is 0.226. The number of carbonyl (C=O) groups excluding carboxylic acids is 1. The van der Waals surface area contributed by atoms with Crippen LogP contribution in [-0.2, 0) is 10.0 Å². The summed E-state index contributed by atoms with van der Waals surface area (Å²) in [6.45, 7) is 4.07. The van der Waals surface area contributed by atoms with E-state index < -0.39 is 10.0 Å². The predicted molar refractivity (Wildman–Crippen MR) is 103 cm³/mol. The third-order valence-corrected chi connectivity index (χ3v) is 5.06. The van der Waals surface area contributed by atoms with Crippen LogP contribution < -0.4 is 14.4 Å². The minimum absolute atomic E-state index is 0.107. The maximum absolute atomic E-state index is 12.3. The van der Waals surface area contributed by atoms with Crippen molar-refractivity contribution in [2.24, 2.45) is 0 Å². The van der Waals surface area contributed by atoms with Crippen molar-refractivity contribution in [3.8, 4) is 5.75 Å². The lowest BCUT2D eigenvalue weighted by Gasteiger charge is -2.24. The number of methoxy groups -OCH3 is 1. The highest BCUT2D eigenvalue weighted by Crippen LogP contribution is 2.30. The average Bonchev–Trinajstić information content (AvgIpc) is 2.57. The first-order chi connectivity index (χ1) is 12.2. The average molecular weight is 376 g/mol. The van der Waals surface area contributed by atoms with Crippen molar-refractivity contribution >= 4 is 21.6 Å². The first kappa shape index (κ1) is 19.8. The van der Waals surface area contributed by atoms with Gasteiger partial charge >= 0.3 is 0 Å². The minimum atomic E-state index is -3.53. The molecule has 0 atom stereocenters. The topological polar surface area (TPSA) is 75.7 Å². The van der Waals surface area contributed by atoms with E-state index in [2.05, 4.69) is 5.32 Å². The van der Waals surface area contributed by atoms with Gasteiger partial charge in [0.05, 0.1) is 25.6 Å². The van der Waals surface area contributed by atoms with Crippen LogP contribution in [0.15, 0.2) is 42.5 Å². The Balaban J connectivity index is 2.15. The van der Waals surface area contributed by atoms with E-state index in [9.17, 15) is 13.2 Å². The number of hydrogen-bond acceptors (Lipinski definition) is 4. The van der Waals surface area contributed by atoms with Gasteiger partial charge in [-0.15, -0.1) is 0 Å². The fraction of sp³-hybridized carbons (Fsp3) is 0.316. The number of sulfonamides is 1. The van der Waals surface area contributed by atoms with Gasteiger partial charge in [0.1, 0.15) is 5.75 Å². The van der Waals surface area contributed by atoms with Gasteiger partial charge in [-0.2, -0.15) is 0 Å². The van der Waals surface area contributed by atoms with Gasteiger partial charge in [0.25, 0.3) is 5.91 Å². The van der Waals surface area contributed by atoms with Gasteiger partial charge in [-0.3, -0.25) is 9.10 Å². The Bertz CT molecular complexity index is 894. The molecule has 0 heterocycles. The van der Waals surface area contributed by atoms with Crippen molar-refractivity contribution in [3.05, 3.63) is 59.2 Å². The molecular weight excluding hydrogens is 352 g/mol. The highest BCUT2D eigenvalue weighted by molar-refractivity contribution is 7.92. The van der Waals surface area contributed by atoms with Crippen LogP contribution in [0.25, 0.3) is 0 Å². The first-order valence-electron chi connectivity index (χ1n) is 8.19. The van der Waals surface area contributed by atoms with Crippen molar-refractivity contribution in [2.75, 3.05) is 30.8 Å². The summed E-state index contributed by atoms with van der Waals surface area (Å²) in [6.07, 6.45) is 1.14. The monoisotopic (exact) mass is 376 g/mol. The largest absolute Gasteiger partial charge is 0.495 e. The smallest absolute Gasteiger partial charge is 0.251 e.